The van der Waals surface area contributed by atoms with E-state index in [9.17, 15) is 9.59 Å². The third-order valence-electron chi connectivity index (χ3n) is 6.04. The van der Waals surface area contributed by atoms with Crippen LogP contribution in [0.15, 0.2) is 65.1 Å². The summed E-state index contributed by atoms with van der Waals surface area (Å²) in [5.41, 5.74) is 3.40. The number of ether oxygens (including phenoxy) is 1. The van der Waals surface area contributed by atoms with Crippen molar-refractivity contribution >= 4 is 11.8 Å². The van der Waals surface area contributed by atoms with Gasteiger partial charge >= 0.3 is 0 Å². The third kappa shape index (κ3) is 5.16. The van der Waals surface area contributed by atoms with Gasteiger partial charge in [-0.25, -0.2) is 0 Å². The molecule has 2 amide bonds. The smallest absolute Gasteiger partial charge is 0.286 e. The zero-order valence-electron chi connectivity index (χ0n) is 20.0. The zero-order valence-corrected chi connectivity index (χ0v) is 20.0. The van der Waals surface area contributed by atoms with E-state index in [-0.39, 0.29) is 36.1 Å². The van der Waals surface area contributed by atoms with Crippen LogP contribution >= 0.6 is 0 Å². The number of fused-ring (bicyclic) bond motifs is 1. The predicted molar refractivity (Wildman–Crippen MR) is 131 cm³/mol. The average Bonchev–Trinajstić information content (AvgIpc) is 3.34. The van der Waals surface area contributed by atoms with E-state index in [0.29, 0.717) is 24.6 Å². The van der Waals surface area contributed by atoms with Gasteiger partial charge in [0.15, 0.2) is 5.76 Å². The topological polar surface area (TPSA) is 71.8 Å². The first-order valence-electron chi connectivity index (χ1n) is 12.0. The van der Waals surface area contributed by atoms with Gasteiger partial charge in [0.2, 0.25) is 5.91 Å². The Morgan fingerprint density at radius 3 is 2.65 bits per heavy atom. The molecule has 4 rings (SSSR count). The summed E-state index contributed by atoms with van der Waals surface area (Å²) in [5.74, 6) is 1.42. The molecule has 3 aromatic rings. The quantitative estimate of drug-likeness (QED) is 0.506. The van der Waals surface area contributed by atoms with Crippen molar-refractivity contribution in [1.29, 1.82) is 0 Å². The second kappa shape index (κ2) is 10.6. The number of carbonyl (C=O) groups excluding carboxylic acids is 2. The lowest BCUT2D eigenvalue weighted by Gasteiger charge is -2.39. The van der Waals surface area contributed by atoms with Crippen molar-refractivity contribution in [3.63, 3.8) is 0 Å². The largest absolute Gasteiger partial charge is 0.486 e. The monoisotopic (exact) mass is 460 g/mol. The molecule has 1 aromatic heterocycles. The summed E-state index contributed by atoms with van der Waals surface area (Å²) in [6.07, 6.45) is 1.68. The number of nitrogens with one attached hydrogen (secondary N) is 1. The van der Waals surface area contributed by atoms with E-state index in [1.54, 1.807) is 12.1 Å². The van der Waals surface area contributed by atoms with E-state index in [4.69, 9.17) is 9.15 Å². The van der Waals surface area contributed by atoms with Crippen molar-refractivity contribution in [3.8, 4) is 5.75 Å². The Morgan fingerprint density at radius 1 is 1.12 bits per heavy atom. The molecule has 0 saturated carbocycles. The number of hydrogen-bond donors (Lipinski definition) is 1. The number of amides is 2. The summed E-state index contributed by atoms with van der Waals surface area (Å²) in [6.45, 7) is 7.41. The number of rotatable bonds is 8. The summed E-state index contributed by atoms with van der Waals surface area (Å²) >= 11 is 0. The summed E-state index contributed by atoms with van der Waals surface area (Å²) in [5, 5.41) is 2.81. The molecule has 2 aromatic carbocycles. The normalized spacial score (nSPS) is 15.2. The highest BCUT2D eigenvalue weighted by molar-refractivity contribution is 5.91. The van der Waals surface area contributed by atoms with E-state index >= 15 is 0 Å². The number of carbonyl (C=O) groups is 2. The molecule has 0 radical (unpaired) electrons. The van der Waals surface area contributed by atoms with Gasteiger partial charge in [-0.05, 0) is 53.8 Å². The molecule has 2 heterocycles. The van der Waals surface area contributed by atoms with Gasteiger partial charge < -0.3 is 19.4 Å². The van der Waals surface area contributed by atoms with Crippen LogP contribution in [-0.2, 0) is 17.8 Å². The molecule has 34 heavy (non-hydrogen) atoms. The van der Waals surface area contributed by atoms with E-state index in [1.807, 2.05) is 56.0 Å². The number of nitrogens with zero attached hydrogens (tertiary/aromatic N) is 1. The Morgan fingerprint density at radius 2 is 1.91 bits per heavy atom. The first-order valence-corrected chi connectivity index (χ1v) is 12.0. The number of hydrogen-bond acceptors (Lipinski definition) is 4. The van der Waals surface area contributed by atoms with E-state index < -0.39 is 0 Å². The van der Waals surface area contributed by atoms with Crippen molar-refractivity contribution in [3.05, 3.63) is 88.9 Å². The Bertz CT molecular complexity index is 1140. The van der Waals surface area contributed by atoms with Crippen molar-refractivity contribution in [1.82, 2.24) is 10.2 Å². The van der Waals surface area contributed by atoms with E-state index in [2.05, 4.69) is 23.5 Å². The molecule has 0 fully saturated rings. The fourth-order valence-electron chi connectivity index (χ4n) is 4.30. The standard InChI is InChI=1S/C28H32N2O4/c1-4-15-29-27(31)25-13-12-23(34-25)18-33-22-11-10-20-14-16-30(28(32)19(2)3)26(24(20)17-22)21-8-6-5-7-9-21/h5-13,17,19,26H,4,14-16,18H2,1-3H3,(H,29,31)/t26-/m1/s1. The number of benzene rings is 2. The van der Waals surface area contributed by atoms with Crippen molar-refractivity contribution in [2.75, 3.05) is 13.1 Å². The fourth-order valence-corrected chi connectivity index (χ4v) is 4.30. The summed E-state index contributed by atoms with van der Waals surface area (Å²) in [4.78, 5) is 27.1. The minimum absolute atomic E-state index is 0.0742. The third-order valence-corrected chi connectivity index (χ3v) is 6.04. The molecule has 1 atom stereocenters. The molecule has 0 spiro atoms. The maximum atomic E-state index is 13.1. The molecular formula is C28H32N2O4. The highest BCUT2D eigenvalue weighted by atomic mass is 16.5. The summed E-state index contributed by atoms with van der Waals surface area (Å²) in [7, 11) is 0. The van der Waals surface area contributed by atoms with Crippen LogP contribution in [-0.4, -0.2) is 29.8 Å². The maximum absolute atomic E-state index is 13.1. The summed E-state index contributed by atoms with van der Waals surface area (Å²) < 4.78 is 11.7. The summed E-state index contributed by atoms with van der Waals surface area (Å²) in [6, 6.07) is 19.5. The van der Waals surface area contributed by atoms with Crippen molar-refractivity contribution in [2.24, 2.45) is 5.92 Å². The molecule has 6 heteroatoms. The Labute approximate surface area is 200 Å². The van der Waals surface area contributed by atoms with Gasteiger partial charge in [0, 0.05) is 19.0 Å². The molecule has 0 aliphatic carbocycles. The predicted octanol–water partition coefficient (Wildman–Crippen LogP) is 5.13. The lowest BCUT2D eigenvalue weighted by molar-refractivity contribution is -0.136. The second-order valence-corrected chi connectivity index (χ2v) is 8.92. The molecule has 1 aliphatic heterocycles. The molecule has 1 aliphatic rings. The van der Waals surface area contributed by atoms with Gasteiger partial charge in [-0.3, -0.25) is 9.59 Å². The van der Waals surface area contributed by atoms with Crippen LogP contribution in [0.4, 0.5) is 0 Å². The lowest BCUT2D eigenvalue weighted by Crippen LogP contribution is -2.42. The molecule has 6 nitrogen and oxygen atoms in total. The fraction of sp³-hybridized carbons (Fsp3) is 0.357. The van der Waals surface area contributed by atoms with Crippen molar-refractivity contribution < 1.29 is 18.7 Å². The minimum Gasteiger partial charge on any atom is -0.486 e. The first kappa shape index (κ1) is 23.6. The van der Waals surface area contributed by atoms with Crippen LogP contribution in [0.25, 0.3) is 0 Å². The van der Waals surface area contributed by atoms with Gasteiger partial charge in [-0.15, -0.1) is 0 Å². The zero-order chi connectivity index (χ0) is 24.1. The first-order chi connectivity index (χ1) is 16.5. The van der Waals surface area contributed by atoms with Crippen LogP contribution in [0.2, 0.25) is 0 Å². The lowest BCUT2D eigenvalue weighted by atomic mass is 9.87. The SMILES string of the molecule is CCCNC(=O)c1ccc(COc2ccc3c(c2)[C@@H](c2ccccc2)N(C(=O)C(C)C)CC3)o1. The van der Waals surface area contributed by atoms with Gasteiger partial charge in [0.25, 0.3) is 5.91 Å². The van der Waals surface area contributed by atoms with Crippen LogP contribution < -0.4 is 10.1 Å². The molecule has 1 N–H and O–H groups in total. The molecule has 0 bridgehead atoms. The van der Waals surface area contributed by atoms with Gasteiger partial charge in [-0.2, -0.15) is 0 Å². The van der Waals surface area contributed by atoms with E-state index in [1.165, 1.54) is 5.56 Å². The highest BCUT2D eigenvalue weighted by Gasteiger charge is 2.33. The van der Waals surface area contributed by atoms with Crippen LogP contribution in [0.5, 0.6) is 5.75 Å². The van der Waals surface area contributed by atoms with Gasteiger partial charge in [0.05, 0.1) is 6.04 Å². The Hall–Kier alpha value is -3.54. The van der Waals surface area contributed by atoms with Crippen LogP contribution in [0.3, 0.4) is 0 Å². The van der Waals surface area contributed by atoms with Gasteiger partial charge in [0.1, 0.15) is 18.1 Å². The minimum atomic E-state index is -0.220. The molecular weight excluding hydrogens is 428 g/mol. The highest BCUT2D eigenvalue weighted by Crippen LogP contribution is 2.38. The molecule has 0 saturated heterocycles. The Balaban J connectivity index is 1.56. The Kier molecular flexibility index (Phi) is 7.36. The van der Waals surface area contributed by atoms with Crippen LogP contribution in [0, 0.1) is 5.92 Å². The average molecular weight is 461 g/mol. The second-order valence-electron chi connectivity index (χ2n) is 8.92. The van der Waals surface area contributed by atoms with E-state index in [0.717, 1.165) is 24.0 Å². The van der Waals surface area contributed by atoms with Gasteiger partial charge in [-0.1, -0.05) is 57.2 Å². The maximum Gasteiger partial charge on any atom is 0.286 e. The van der Waals surface area contributed by atoms with Crippen LogP contribution in [0.1, 0.15) is 66.2 Å². The molecule has 0 unspecified atom stereocenters. The van der Waals surface area contributed by atoms with Crippen molar-refractivity contribution in [2.45, 2.75) is 46.3 Å². The number of furan rings is 1. The molecule has 178 valence electrons.